The predicted octanol–water partition coefficient (Wildman–Crippen LogP) is 3.57. The molecule has 1 aromatic carbocycles. The average Bonchev–Trinajstić information content (AvgIpc) is 2.36. The molecule has 2 rings (SSSR count). The van der Waals surface area contributed by atoms with E-state index in [0.717, 1.165) is 32.6 Å². The van der Waals surface area contributed by atoms with Crippen LogP contribution in [0.4, 0.5) is 0 Å². The molecule has 0 spiro atoms. The molecule has 0 bridgehead atoms. The lowest BCUT2D eigenvalue weighted by Gasteiger charge is -2.12. The molecule has 0 aliphatic rings. The number of aryl methyl sites for hydroxylation is 2. The zero-order valence-corrected chi connectivity index (χ0v) is 12.6. The highest BCUT2D eigenvalue weighted by atomic mass is 32.2. The Balaban J connectivity index is 2.37. The van der Waals surface area contributed by atoms with E-state index in [9.17, 15) is 0 Å². The first-order valence-corrected chi connectivity index (χ1v) is 7.15. The molecule has 0 aliphatic heterocycles. The van der Waals surface area contributed by atoms with E-state index in [1.165, 1.54) is 0 Å². The number of nitrogens with two attached hydrogens (primary N) is 1. The number of hydrogen-bond acceptors (Lipinski definition) is 4. The van der Waals surface area contributed by atoms with E-state index >= 15 is 0 Å². The summed E-state index contributed by atoms with van der Waals surface area (Å²) in [6.07, 6.45) is 0. The molecule has 4 heteroatoms. The Kier molecular flexibility index (Phi) is 4.22. The van der Waals surface area contributed by atoms with E-state index in [4.69, 9.17) is 5.73 Å². The van der Waals surface area contributed by atoms with Gasteiger partial charge >= 0.3 is 0 Å². The average molecular weight is 273 g/mol. The second kappa shape index (κ2) is 5.72. The highest BCUT2D eigenvalue weighted by molar-refractivity contribution is 7.99. The standard InChI is InChI=1S/C15H19N3S/c1-9-11(3)17-15(18-12(9)4)19-14-8-6-5-7-13(14)10(2)16/h5-8,10H,16H2,1-4H3/t10-/m0/s1. The summed E-state index contributed by atoms with van der Waals surface area (Å²) in [6.45, 7) is 8.08. The van der Waals surface area contributed by atoms with Crippen molar-refractivity contribution in [3.05, 3.63) is 46.8 Å². The van der Waals surface area contributed by atoms with Crippen molar-refractivity contribution in [2.75, 3.05) is 0 Å². The molecular formula is C15H19N3S. The van der Waals surface area contributed by atoms with Crippen LogP contribution in [0.25, 0.3) is 0 Å². The van der Waals surface area contributed by atoms with Crippen LogP contribution in [-0.4, -0.2) is 9.97 Å². The summed E-state index contributed by atoms with van der Waals surface area (Å²) in [5, 5.41) is 0.786. The summed E-state index contributed by atoms with van der Waals surface area (Å²) in [5.74, 6) is 0. The maximum absolute atomic E-state index is 6.00. The van der Waals surface area contributed by atoms with Gasteiger partial charge in [0, 0.05) is 22.3 Å². The summed E-state index contributed by atoms with van der Waals surface area (Å²) in [5.41, 5.74) is 10.4. The number of rotatable bonds is 3. The second-order valence-electron chi connectivity index (χ2n) is 4.73. The Hall–Kier alpha value is -1.39. The van der Waals surface area contributed by atoms with Crippen molar-refractivity contribution >= 4 is 11.8 Å². The molecule has 100 valence electrons. The molecule has 0 fully saturated rings. The minimum Gasteiger partial charge on any atom is -0.324 e. The summed E-state index contributed by atoms with van der Waals surface area (Å²) in [7, 11) is 0. The van der Waals surface area contributed by atoms with Crippen LogP contribution in [0.1, 0.15) is 35.5 Å². The van der Waals surface area contributed by atoms with Crippen molar-refractivity contribution in [2.24, 2.45) is 5.73 Å². The fourth-order valence-corrected chi connectivity index (χ4v) is 2.92. The van der Waals surface area contributed by atoms with Gasteiger partial charge in [-0.25, -0.2) is 9.97 Å². The second-order valence-corrected chi connectivity index (χ2v) is 5.74. The van der Waals surface area contributed by atoms with E-state index in [-0.39, 0.29) is 6.04 Å². The molecule has 0 saturated carbocycles. The van der Waals surface area contributed by atoms with Gasteiger partial charge in [0.25, 0.3) is 0 Å². The highest BCUT2D eigenvalue weighted by Gasteiger charge is 2.11. The molecule has 0 aliphatic carbocycles. The minimum atomic E-state index is 0.0105. The fraction of sp³-hybridized carbons (Fsp3) is 0.333. The first-order valence-electron chi connectivity index (χ1n) is 6.33. The van der Waals surface area contributed by atoms with Gasteiger partial charge in [0.1, 0.15) is 0 Å². The summed E-state index contributed by atoms with van der Waals surface area (Å²) >= 11 is 1.58. The summed E-state index contributed by atoms with van der Waals surface area (Å²) < 4.78 is 0. The van der Waals surface area contributed by atoms with Gasteiger partial charge in [-0.1, -0.05) is 18.2 Å². The predicted molar refractivity (Wildman–Crippen MR) is 79.4 cm³/mol. The Labute approximate surface area is 118 Å². The van der Waals surface area contributed by atoms with Gasteiger partial charge < -0.3 is 5.73 Å². The fourth-order valence-electron chi connectivity index (χ4n) is 1.84. The van der Waals surface area contributed by atoms with Crippen molar-refractivity contribution in [3.63, 3.8) is 0 Å². The number of aromatic nitrogens is 2. The topological polar surface area (TPSA) is 51.8 Å². The van der Waals surface area contributed by atoms with Crippen molar-refractivity contribution in [2.45, 2.75) is 43.8 Å². The lowest BCUT2D eigenvalue weighted by Crippen LogP contribution is -2.06. The smallest absolute Gasteiger partial charge is 0.192 e. The van der Waals surface area contributed by atoms with Crippen LogP contribution < -0.4 is 5.73 Å². The Bertz CT molecular complexity index is 571. The van der Waals surface area contributed by atoms with E-state index in [1.807, 2.05) is 32.9 Å². The lowest BCUT2D eigenvalue weighted by atomic mass is 10.1. The lowest BCUT2D eigenvalue weighted by molar-refractivity contribution is 0.795. The first-order chi connectivity index (χ1) is 8.99. The van der Waals surface area contributed by atoms with Gasteiger partial charge in [-0.05, 0) is 56.7 Å². The third-order valence-electron chi connectivity index (χ3n) is 3.22. The van der Waals surface area contributed by atoms with E-state index in [0.29, 0.717) is 0 Å². The van der Waals surface area contributed by atoms with Crippen molar-refractivity contribution in [1.82, 2.24) is 9.97 Å². The van der Waals surface area contributed by atoms with Crippen molar-refractivity contribution in [3.8, 4) is 0 Å². The maximum atomic E-state index is 6.00. The highest BCUT2D eigenvalue weighted by Crippen LogP contribution is 2.31. The minimum absolute atomic E-state index is 0.0105. The van der Waals surface area contributed by atoms with E-state index < -0.39 is 0 Å². The molecule has 0 radical (unpaired) electrons. The molecule has 1 aromatic heterocycles. The van der Waals surface area contributed by atoms with Crippen LogP contribution in [0.15, 0.2) is 34.3 Å². The monoisotopic (exact) mass is 273 g/mol. The Morgan fingerprint density at radius 3 is 2.21 bits per heavy atom. The molecular weight excluding hydrogens is 254 g/mol. The van der Waals surface area contributed by atoms with Crippen molar-refractivity contribution in [1.29, 1.82) is 0 Å². The normalized spacial score (nSPS) is 12.5. The van der Waals surface area contributed by atoms with Crippen LogP contribution in [0.5, 0.6) is 0 Å². The SMILES string of the molecule is Cc1nc(Sc2ccccc2[C@H](C)N)nc(C)c1C. The van der Waals surface area contributed by atoms with Gasteiger partial charge in [-0.15, -0.1) is 0 Å². The van der Waals surface area contributed by atoms with Gasteiger partial charge in [0.15, 0.2) is 5.16 Å². The molecule has 1 atom stereocenters. The Morgan fingerprint density at radius 1 is 1.05 bits per heavy atom. The number of hydrogen-bond donors (Lipinski definition) is 1. The Morgan fingerprint density at radius 2 is 1.63 bits per heavy atom. The molecule has 2 aromatic rings. The number of benzene rings is 1. The maximum Gasteiger partial charge on any atom is 0.192 e. The summed E-state index contributed by atoms with van der Waals surface area (Å²) in [6, 6.07) is 8.16. The van der Waals surface area contributed by atoms with Crippen LogP contribution in [-0.2, 0) is 0 Å². The zero-order chi connectivity index (χ0) is 14.0. The van der Waals surface area contributed by atoms with E-state index in [1.54, 1.807) is 11.8 Å². The third-order valence-corrected chi connectivity index (χ3v) is 4.18. The number of nitrogens with zero attached hydrogens (tertiary/aromatic N) is 2. The van der Waals surface area contributed by atoms with Gasteiger partial charge in [-0.3, -0.25) is 0 Å². The largest absolute Gasteiger partial charge is 0.324 e. The van der Waals surface area contributed by atoms with Gasteiger partial charge in [0.2, 0.25) is 0 Å². The third kappa shape index (κ3) is 3.14. The van der Waals surface area contributed by atoms with Crippen molar-refractivity contribution < 1.29 is 0 Å². The van der Waals surface area contributed by atoms with Gasteiger partial charge in [-0.2, -0.15) is 0 Å². The van der Waals surface area contributed by atoms with Crippen LogP contribution in [0.3, 0.4) is 0 Å². The summed E-state index contributed by atoms with van der Waals surface area (Å²) in [4.78, 5) is 10.2. The van der Waals surface area contributed by atoms with Gasteiger partial charge in [0.05, 0.1) is 0 Å². The zero-order valence-electron chi connectivity index (χ0n) is 11.8. The molecule has 1 heterocycles. The molecule has 0 saturated heterocycles. The first kappa shape index (κ1) is 14.0. The molecule has 0 amide bonds. The van der Waals surface area contributed by atoms with Crippen LogP contribution >= 0.6 is 11.8 Å². The van der Waals surface area contributed by atoms with Crippen LogP contribution in [0, 0.1) is 20.8 Å². The molecule has 0 unspecified atom stereocenters. The molecule has 2 N–H and O–H groups in total. The van der Waals surface area contributed by atoms with Crippen LogP contribution in [0.2, 0.25) is 0 Å². The molecule has 19 heavy (non-hydrogen) atoms. The van der Waals surface area contributed by atoms with E-state index in [2.05, 4.69) is 29.0 Å². The quantitative estimate of drug-likeness (QED) is 0.869. The molecule has 3 nitrogen and oxygen atoms in total.